The number of piperazine rings is 1. The number of ether oxygens (including phenoxy) is 1. The average Bonchev–Trinajstić information content (AvgIpc) is 2.46. The molecule has 6 heteroatoms. The zero-order valence-electron chi connectivity index (χ0n) is 12.6. The van der Waals surface area contributed by atoms with E-state index in [4.69, 9.17) is 4.74 Å². The Bertz CT molecular complexity index is 288. The predicted molar refractivity (Wildman–Crippen MR) is 82.4 cm³/mol. The first-order valence-corrected chi connectivity index (χ1v) is 7.51. The second-order valence-electron chi connectivity index (χ2n) is 5.77. The van der Waals surface area contributed by atoms with Gasteiger partial charge >= 0.3 is 0 Å². The van der Waals surface area contributed by atoms with Gasteiger partial charge in [-0.2, -0.15) is 0 Å². The molecule has 5 nitrogen and oxygen atoms in total. The smallest absolute Gasteiger partial charge is 0.248 e. The number of nitrogens with one attached hydrogen (secondary N) is 1. The van der Waals surface area contributed by atoms with Crippen molar-refractivity contribution in [1.29, 1.82) is 0 Å². The van der Waals surface area contributed by atoms with Crippen LogP contribution < -0.4 is 5.32 Å². The van der Waals surface area contributed by atoms with Crippen molar-refractivity contribution in [3.05, 3.63) is 0 Å². The molecule has 0 bridgehead atoms. The highest BCUT2D eigenvalue weighted by Gasteiger charge is 2.23. The zero-order chi connectivity index (χ0) is 13.7. The first-order chi connectivity index (χ1) is 9.16. The van der Waals surface area contributed by atoms with E-state index in [1.807, 2.05) is 4.90 Å². The van der Waals surface area contributed by atoms with Gasteiger partial charge in [-0.1, -0.05) is 0 Å². The molecule has 0 aliphatic carbocycles. The highest BCUT2D eigenvalue weighted by molar-refractivity contribution is 5.85. The first-order valence-electron chi connectivity index (χ1n) is 7.51. The monoisotopic (exact) mass is 305 g/mol. The number of carbonyl (C=O) groups is 1. The van der Waals surface area contributed by atoms with Gasteiger partial charge in [0.05, 0.1) is 6.10 Å². The number of halogens is 1. The van der Waals surface area contributed by atoms with Gasteiger partial charge in [0, 0.05) is 32.2 Å². The Labute approximate surface area is 128 Å². The van der Waals surface area contributed by atoms with E-state index in [-0.39, 0.29) is 31.0 Å². The molecule has 1 N–H and O–H groups in total. The summed E-state index contributed by atoms with van der Waals surface area (Å²) >= 11 is 0. The maximum absolute atomic E-state index is 12.1. The topological polar surface area (TPSA) is 44.8 Å². The van der Waals surface area contributed by atoms with Gasteiger partial charge in [-0.3, -0.25) is 9.69 Å². The number of carbonyl (C=O) groups excluding carboxylic acids is 1. The molecule has 1 amide bonds. The quantitative estimate of drug-likeness (QED) is 0.832. The van der Waals surface area contributed by atoms with Gasteiger partial charge in [-0.15, -0.1) is 12.4 Å². The van der Waals surface area contributed by atoms with Gasteiger partial charge in [0.25, 0.3) is 0 Å². The molecule has 118 valence electrons. The second kappa shape index (κ2) is 8.82. The van der Waals surface area contributed by atoms with Crippen LogP contribution in [0.4, 0.5) is 0 Å². The van der Waals surface area contributed by atoms with Crippen molar-refractivity contribution in [3.8, 4) is 0 Å². The fourth-order valence-corrected chi connectivity index (χ4v) is 2.73. The van der Waals surface area contributed by atoms with Crippen molar-refractivity contribution in [2.45, 2.75) is 38.8 Å². The van der Waals surface area contributed by atoms with Crippen molar-refractivity contribution < 1.29 is 9.53 Å². The number of rotatable bonds is 4. The molecule has 2 rings (SSSR count). The highest BCUT2D eigenvalue weighted by atomic mass is 35.5. The average molecular weight is 306 g/mol. The summed E-state index contributed by atoms with van der Waals surface area (Å²) in [7, 11) is 0. The van der Waals surface area contributed by atoms with Crippen LogP contribution in [0.5, 0.6) is 0 Å². The van der Waals surface area contributed by atoms with Gasteiger partial charge in [0.15, 0.2) is 0 Å². The number of piperidine rings is 1. The molecule has 0 aromatic carbocycles. The van der Waals surface area contributed by atoms with Gasteiger partial charge in [-0.25, -0.2) is 0 Å². The standard InChI is InChI=1S/C14H27N3O2.ClH/c1-12(2)16-7-9-17(10-8-16)14(18)11-19-13-3-5-15-6-4-13;/h12-13,15H,3-11H2,1-2H3;1H. The second-order valence-corrected chi connectivity index (χ2v) is 5.77. The lowest BCUT2D eigenvalue weighted by molar-refractivity contribution is -0.140. The summed E-state index contributed by atoms with van der Waals surface area (Å²) in [6.07, 6.45) is 2.31. The SMILES string of the molecule is CC(C)N1CCN(C(=O)COC2CCNCC2)CC1.Cl. The molecular weight excluding hydrogens is 278 g/mol. The Kier molecular flexibility index (Phi) is 7.80. The van der Waals surface area contributed by atoms with Crippen LogP contribution in [0.3, 0.4) is 0 Å². The molecule has 2 aliphatic rings. The molecule has 2 fully saturated rings. The van der Waals surface area contributed by atoms with Crippen molar-refractivity contribution in [2.75, 3.05) is 45.9 Å². The lowest BCUT2D eigenvalue weighted by Gasteiger charge is -2.37. The van der Waals surface area contributed by atoms with Crippen molar-refractivity contribution in [2.24, 2.45) is 0 Å². The van der Waals surface area contributed by atoms with E-state index >= 15 is 0 Å². The zero-order valence-corrected chi connectivity index (χ0v) is 13.5. The fraction of sp³-hybridized carbons (Fsp3) is 0.929. The molecule has 0 aromatic rings. The van der Waals surface area contributed by atoms with Crippen LogP contribution in [0.15, 0.2) is 0 Å². The van der Waals surface area contributed by atoms with Crippen LogP contribution >= 0.6 is 12.4 Å². The van der Waals surface area contributed by atoms with Crippen LogP contribution in [0.1, 0.15) is 26.7 Å². The molecule has 2 heterocycles. The molecule has 0 unspecified atom stereocenters. The maximum Gasteiger partial charge on any atom is 0.248 e. The Morgan fingerprint density at radius 1 is 1.20 bits per heavy atom. The number of hydrogen-bond acceptors (Lipinski definition) is 4. The van der Waals surface area contributed by atoms with Gasteiger partial charge in [0.2, 0.25) is 5.91 Å². The van der Waals surface area contributed by atoms with Crippen molar-refractivity contribution in [3.63, 3.8) is 0 Å². The number of nitrogens with zero attached hydrogens (tertiary/aromatic N) is 2. The van der Waals surface area contributed by atoms with E-state index < -0.39 is 0 Å². The lowest BCUT2D eigenvalue weighted by Crippen LogP contribution is -2.51. The predicted octanol–water partition coefficient (Wildman–Crippen LogP) is 0.729. The van der Waals surface area contributed by atoms with E-state index in [0.29, 0.717) is 6.04 Å². The minimum atomic E-state index is 0. The van der Waals surface area contributed by atoms with E-state index in [2.05, 4.69) is 24.1 Å². The van der Waals surface area contributed by atoms with E-state index in [1.165, 1.54) is 0 Å². The normalized spacial score (nSPS) is 21.9. The molecule has 0 radical (unpaired) electrons. The molecule has 2 aliphatic heterocycles. The van der Waals surface area contributed by atoms with Crippen LogP contribution in [-0.4, -0.2) is 73.7 Å². The Hall–Kier alpha value is -0.360. The van der Waals surface area contributed by atoms with Crippen molar-refractivity contribution in [1.82, 2.24) is 15.1 Å². The Balaban J connectivity index is 0.00000200. The number of hydrogen-bond donors (Lipinski definition) is 1. The third-order valence-corrected chi connectivity index (χ3v) is 4.13. The Morgan fingerprint density at radius 3 is 2.35 bits per heavy atom. The molecule has 2 saturated heterocycles. The fourth-order valence-electron chi connectivity index (χ4n) is 2.73. The minimum Gasteiger partial charge on any atom is -0.368 e. The van der Waals surface area contributed by atoms with E-state index in [9.17, 15) is 4.79 Å². The third-order valence-electron chi connectivity index (χ3n) is 4.13. The maximum atomic E-state index is 12.1. The van der Waals surface area contributed by atoms with Crippen LogP contribution in [0.2, 0.25) is 0 Å². The molecule has 0 saturated carbocycles. The third kappa shape index (κ3) is 5.20. The molecule has 20 heavy (non-hydrogen) atoms. The minimum absolute atomic E-state index is 0. The van der Waals surface area contributed by atoms with E-state index in [0.717, 1.165) is 52.1 Å². The van der Waals surface area contributed by atoms with Crippen molar-refractivity contribution >= 4 is 18.3 Å². The van der Waals surface area contributed by atoms with Gasteiger partial charge in [0.1, 0.15) is 6.61 Å². The van der Waals surface area contributed by atoms with Crippen LogP contribution in [0.25, 0.3) is 0 Å². The molecule has 0 atom stereocenters. The summed E-state index contributed by atoms with van der Waals surface area (Å²) in [5.74, 6) is 0.155. The summed E-state index contributed by atoms with van der Waals surface area (Å²) in [5, 5.41) is 3.30. The summed E-state index contributed by atoms with van der Waals surface area (Å²) < 4.78 is 5.73. The highest BCUT2D eigenvalue weighted by Crippen LogP contribution is 2.09. The lowest BCUT2D eigenvalue weighted by atomic mass is 10.1. The summed E-state index contributed by atoms with van der Waals surface area (Å²) in [6, 6.07) is 0.572. The summed E-state index contributed by atoms with van der Waals surface area (Å²) in [6.45, 7) is 10.3. The molecule has 0 aromatic heterocycles. The molecular formula is C14H28ClN3O2. The van der Waals surface area contributed by atoms with Crippen LogP contribution in [0, 0.1) is 0 Å². The Morgan fingerprint density at radius 2 is 1.80 bits per heavy atom. The van der Waals surface area contributed by atoms with E-state index in [1.54, 1.807) is 0 Å². The largest absolute Gasteiger partial charge is 0.368 e. The summed E-state index contributed by atoms with van der Waals surface area (Å²) in [4.78, 5) is 16.4. The van der Waals surface area contributed by atoms with Crippen LogP contribution in [-0.2, 0) is 9.53 Å². The van der Waals surface area contributed by atoms with Gasteiger partial charge < -0.3 is 15.0 Å². The number of amides is 1. The first kappa shape index (κ1) is 17.7. The summed E-state index contributed by atoms with van der Waals surface area (Å²) in [5.41, 5.74) is 0. The van der Waals surface area contributed by atoms with Gasteiger partial charge in [-0.05, 0) is 39.8 Å². The molecule has 0 spiro atoms.